The summed E-state index contributed by atoms with van der Waals surface area (Å²) < 4.78 is 19.4. The first-order chi connectivity index (χ1) is 8.19. The Labute approximate surface area is 116 Å². The summed E-state index contributed by atoms with van der Waals surface area (Å²) in [5, 5.41) is 0. The van der Waals surface area contributed by atoms with Crippen molar-refractivity contribution in [3.05, 3.63) is 39.9 Å². The van der Waals surface area contributed by atoms with E-state index < -0.39 is 0 Å². The van der Waals surface area contributed by atoms with Crippen LogP contribution < -0.4 is 0 Å². The molecule has 0 saturated heterocycles. The van der Waals surface area contributed by atoms with E-state index in [0.717, 1.165) is 21.1 Å². The van der Waals surface area contributed by atoms with Gasteiger partial charge in [-0.1, -0.05) is 40.7 Å². The number of hydrogen-bond acceptors (Lipinski definition) is 4. The van der Waals surface area contributed by atoms with Gasteiger partial charge in [0.2, 0.25) is 0 Å². The van der Waals surface area contributed by atoms with Crippen LogP contribution in [0.15, 0.2) is 27.0 Å². The van der Waals surface area contributed by atoms with Crippen LogP contribution in [-0.2, 0) is 12.2 Å². The minimum absolute atomic E-state index is 0.188. The number of aryl methyl sites for hydroxylation is 1. The Morgan fingerprint density at radius 1 is 1.47 bits per heavy atom. The van der Waals surface area contributed by atoms with Gasteiger partial charge in [-0.3, -0.25) is 0 Å². The molecule has 1 aromatic heterocycles. The molecule has 0 aliphatic heterocycles. The van der Waals surface area contributed by atoms with Crippen LogP contribution in [0.5, 0.6) is 0 Å². The summed E-state index contributed by atoms with van der Waals surface area (Å²) in [5.41, 5.74) is 0.687. The standard InChI is InChI=1S/C11H10BrFN2S2/c1-2-10-14-11(17-15-10)16-6-7-3-4-8(12)5-9(7)13/h3-5H,2,6H2,1H3. The van der Waals surface area contributed by atoms with Crippen molar-refractivity contribution in [3.8, 4) is 0 Å². The molecule has 1 aromatic carbocycles. The molecular weight excluding hydrogens is 323 g/mol. The summed E-state index contributed by atoms with van der Waals surface area (Å²) >= 11 is 6.13. The van der Waals surface area contributed by atoms with Crippen molar-refractivity contribution in [1.29, 1.82) is 0 Å². The minimum atomic E-state index is -0.188. The third-order valence-corrected chi connectivity index (χ3v) is 4.55. The Morgan fingerprint density at radius 3 is 2.94 bits per heavy atom. The van der Waals surface area contributed by atoms with Crippen molar-refractivity contribution in [3.63, 3.8) is 0 Å². The van der Waals surface area contributed by atoms with Crippen molar-refractivity contribution in [1.82, 2.24) is 9.36 Å². The van der Waals surface area contributed by atoms with Crippen LogP contribution in [0.1, 0.15) is 18.3 Å². The molecule has 0 spiro atoms. The van der Waals surface area contributed by atoms with E-state index in [4.69, 9.17) is 0 Å². The zero-order valence-electron chi connectivity index (χ0n) is 9.11. The van der Waals surface area contributed by atoms with E-state index in [2.05, 4.69) is 25.3 Å². The highest BCUT2D eigenvalue weighted by Crippen LogP contribution is 2.26. The molecule has 0 radical (unpaired) electrons. The SMILES string of the molecule is CCc1nsc(SCc2ccc(Br)cc2F)n1. The second kappa shape index (κ2) is 5.93. The molecule has 0 atom stereocenters. The van der Waals surface area contributed by atoms with Gasteiger partial charge in [-0.15, -0.1) is 0 Å². The highest BCUT2D eigenvalue weighted by Gasteiger charge is 2.07. The van der Waals surface area contributed by atoms with Gasteiger partial charge < -0.3 is 0 Å². The third-order valence-electron chi connectivity index (χ3n) is 2.13. The Kier molecular flexibility index (Phi) is 4.53. The summed E-state index contributed by atoms with van der Waals surface area (Å²) in [6.07, 6.45) is 0.837. The molecule has 90 valence electrons. The first kappa shape index (κ1) is 13.0. The first-order valence-corrected chi connectivity index (χ1v) is 7.63. The lowest BCUT2D eigenvalue weighted by atomic mass is 10.2. The van der Waals surface area contributed by atoms with Gasteiger partial charge in [-0.25, -0.2) is 9.37 Å². The van der Waals surface area contributed by atoms with Gasteiger partial charge in [0, 0.05) is 16.6 Å². The smallest absolute Gasteiger partial charge is 0.170 e. The maximum atomic E-state index is 13.5. The molecule has 2 rings (SSSR count). The Balaban J connectivity index is 2.02. The molecule has 2 nitrogen and oxygen atoms in total. The highest BCUT2D eigenvalue weighted by molar-refractivity contribution is 9.10. The van der Waals surface area contributed by atoms with E-state index in [0.29, 0.717) is 11.3 Å². The number of thioether (sulfide) groups is 1. The van der Waals surface area contributed by atoms with Crippen molar-refractivity contribution in [2.75, 3.05) is 0 Å². The Hall–Kier alpha value is -0.460. The third kappa shape index (κ3) is 3.50. The summed E-state index contributed by atoms with van der Waals surface area (Å²) in [6.45, 7) is 2.02. The normalized spacial score (nSPS) is 10.8. The number of aromatic nitrogens is 2. The Bertz CT molecular complexity index is 516. The fraction of sp³-hybridized carbons (Fsp3) is 0.273. The van der Waals surface area contributed by atoms with E-state index in [-0.39, 0.29) is 5.82 Å². The maximum absolute atomic E-state index is 13.5. The molecule has 0 amide bonds. The van der Waals surface area contributed by atoms with Crippen molar-refractivity contribution in [2.45, 2.75) is 23.4 Å². The predicted octanol–water partition coefficient (Wildman–Crippen LogP) is 4.29. The van der Waals surface area contributed by atoms with Crippen molar-refractivity contribution >= 4 is 39.2 Å². The first-order valence-electron chi connectivity index (χ1n) is 5.08. The van der Waals surface area contributed by atoms with Gasteiger partial charge in [0.15, 0.2) is 4.34 Å². The average Bonchev–Trinajstić information content (AvgIpc) is 2.76. The predicted molar refractivity (Wildman–Crippen MR) is 72.9 cm³/mol. The molecule has 17 heavy (non-hydrogen) atoms. The highest BCUT2D eigenvalue weighted by atomic mass is 79.9. The summed E-state index contributed by atoms with van der Waals surface area (Å²) in [4.78, 5) is 4.33. The molecule has 0 fully saturated rings. The van der Waals surface area contributed by atoms with Crippen LogP contribution in [0, 0.1) is 5.82 Å². The number of hydrogen-bond donors (Lipinski definition) is 0. The molecule has 0 N–H and O–H groups in total. The van der Waals surface area contributed by atoms with Gasteiger partial charge in [0.25, 0.3) is 0 Å². The average molecular weight is 333 g/mol. The monoisotopic (exact) mass is 332 g/mol. The van der Waals surface area contributed by atoms with E-state index >= 15 is 0 Å². The van der Waals surface area contributed by atoms with Gasteiger partial charge in [-0.2, -0.15) is 4.37 Å². The van der Waals surface area contributed by atoms with Gasteiger partial charge >= 0.3 is 0 Å². The van der Waals surface area contributed by atoms with Crippen LogP contribution >= 0.6 is 39.2 Å². The van der Waals surface area contributed by atoms with Crippen LogP contribution in [0.2, 0.25) is 0 Å². The van der Waals surface area contributed by atoms with Gasteiger partial charge in [-0.05, 0) is 29.2 Å². The van der Waals surface area contributed by atoms with Gasteiger partial charge in [0.1, 0.15) is 11.6 Å². The molecule has 0 saturated carbocycles. The maximum Gasteiger partial charge on any atom is 0.170 e. The summed E-state index contributed by atoms with van der Waals surface area (Å²) in [7, 11) is 0. The minimum Gasteiger partial charge on any atom is -0.213 e. The number of nitrogens with zero attached hydrogens (tertiary/aromatic N) is 2. The fourth-order valence-corrected chi connectivity index (χ4v) is 3.23. The van der Waals surface area contributed by atoms with Crippen molar-refractivity contribution in [2.24, 2.45) is 0 Å². The molecule has 6 heteroatoms. The van der Waals surface area contributed by atoms with E-state index in [1.807, 2.05) is 13.0 Å². The van der Waals surface area contributed by atoms with Crippen LogP contribution in [0.4, 0.5) is 4.39 Å². The molecular formula is C11H10BrFN2S2. The van der Waals surface area contributed by atoms with Crippen molar-refractivity contribution < 1.29 is 4.39 Å². The van der Waals surface area contributed by atoms with Crippen LogP contribution in [0.25, 0.3) is 0 Å². The molecule has 0 unspecified atom stereocenters. The zero-order chi connectivity index (χ0) is 12.3. The summed E-state index contributed by atoms with van der Waals surface area (Å²) in [5.74, 6) is 1.25. The lowest BCUT2D eigenvalue weighted by Gasteiger charge is -2.01. The topological polar surface area (TPSA) is 25.8 Å². The zero-order valence-corrected chi connectivity index (χ0v) is 12.3. The van der Waals surface area contributed by atoms with E-state index in [9.17, 15) is 4.39 Å². The summed E-state index contributed by atoms with van der Waals surface area (Å²) in [6, 6.07) is 5.11. The second-order valence-electron chi connectivity index (χ2n) is 3.35. The molecule has 0 aliphatic rings. The van der Waals surface area contributed by atoms with E-state index in [1.165, 1.54) is 29.4 Å². The fourth-order valence-electron chi connectivity index (χ4n) is 1.22. The largest absolute Gasteiger partial charge is 0.213 e. The Morgan fingerprint density at radius 2 is 2.29 bits per heavy atom. The number of halogens is 2. The van der Waals surface area contributed by atoms with Gasteiger partial charge in [0.05, 0.1) is 0 Å². The molecule has 0 bridgehead atoms. The quantitative estimate of drug-likeness (QED) is 0.781. The second-order valence-corrected chi connectivity index (χ2v) is 6.24. The van der Waals surface area contributed by atoms with E-state index in [1.54, 1.807) is 6.07 Å². The van der Waals surface area contributed by atoms with Crippen LogP contribution in [-0.4, -0.2) is 9.36 Å². The number of rotatable bonds is 4. The number of benzene rings is 1. The molecule has 2 aromatic rings. The molecule has 0 aliphatic carbocycles. The lowest BCUT2D eigenvalue weighted by molar-refractivity contribution is 0.616. The van der Waals surface area contributed by atoms with Crippen LogP contribution in [0.3, 0.4) is 0 Å². The lowest BCUT2D eigenvalue weighted by Crippen LogP contribution is -1.87. The molecule has 1 heterocycles.